The summed E-state index contributed by atoms with van der Waals surface area (Å²) in [7, 11) is 2.07. The van der Waals surface area contributed by atoms with Gasteiger partial charge in [-0.25, -0.2) is 14.4 Å². The molecule has 3 rings (SSSR count). The maximum atomic E-state index is 13.0. The fraction of sp³-hybridized carbons (Fsp3) is 0.444. The Morgan fingerprint density at radius 1 is 1.13 bits per heavy atom. The lowest BCUT2D eigenvalue weighted by molar-refractivity contribution is 0.203. The second-order valence-corrected chi connectivity index (χ2v) is 6.31. The molecule has 122 valence electrons. The smallest absolute Gasteiger partial charge is 0.225 e. The first kappa shape index (κ1) is 15.9. The molecule has 2 heterocycles. The zero-order valence-corrected chi connectivity index (χ0v) is 13.7. The number of likely N-dealkylation sites (tertiary alicyclic amines) is 1. The molecule has 4 nitrogen and oxygen atoms in total. The van der Waals surface area contributed by atoms with Crippen LogP contribution in [0, 0.1) is 12.7 Å². The van der Waals surface area contributed by atoms with Crippen molar-refractivity contribution in [3.63, 3.8) is 0 Å². The van der Waals surface area contributed by atoms with Gasteiger partial charge in [0.05, 0.1) is 0 Å². The lowest BCUT2D eigenvalue weighted by Crippen LogP contribution is -2.43. The van der Waals surface area contributed by atoms with Crippen molar-refractivity contribution in [1.82, 2.24) is 14.9 Å². The molecular weight excluding hydrogens is 291 g/mol. The second kappa shape index (κ2) is 7.04. The molecule has 1 aliphatic rings. The third-order valence-electron chi connectivity index (χ3n) is 4.51. The number of nitrogens with zero attached hydrogens (tertiary/aromatic N) is 4. The molecule has 0 amide bonds. The summed E-state index contributed by atoms with van der Waals surface area (Å²) in [6.07, 6.45) is 5.91. The number of anilines is 1. The Hall–Kier alpha value is -2.01. The van der Waals surface area contributed by atoms with Gasteiger partial charge in [0.2, 0.25) is 5.95 Å². The van der Waals surface area contributed by atoms with Gasteiger partial charge in [-0.2, -0.15) is 0 Å². The van der Waals surface area contributed by atoms with Gasteiger partial charge in [-0.05, 0) is 43.0 Å². The Labute approximate surface area is 137 Å². The minimum atomic E-state index is -0.174. The summed E-state index contributed by atoms with van der Waals surface area (Å²) in [5.41, 5.74) is 2.25. The van der Waals surface area contributed by atoms with Gasteiger partial charge >= 0.3 is 0 Å². The number of halogens is 1. The highest BCUT2D eigenvalue weighted by Gasteiger charge is 2.23. The van der Waals surface area contributed by atoms with Crippen LogP contribution in [0.2, 0.25) is 0 Å². The fourth-order valence-corrected chi connectivity index (χ4v) is 3.04. The highest BCUT2D eigenvalue weighted by Crippen LogP contribution is 2.20. The molecule has 0 spiro atoms. The van der Waals surface area contributed by atoms with E-state index in [1.807, 2.05) is 31.5 Å². The standard InChI is InChI=1S/C18H23FN4/c1-14-11-20-18(21-12-14)22(2)17-7-9-23(10-8-17)13-15-3-5-16(19)6-4-15/h3-6,11-12,17H,7-10,13H2,1-2H3. The highest BCUT2D eigenvalue weighted by atomic mass is 19.1. The lowest BCUT2D eigenvalue weighted by Gasteiger charge is -2.36. The molecule has 0 unspecified atom stereocenters. The molecule has 0 N–H and O–H groups in total. The molecule has 1 aliphatic heterocycles. The number of benzene rings is 1. The van der Waals surface area contributed by atoms with Crippen molar-refractivity contribution in [3.05, 3.63) is 53.6 Å². The van der Waals surface area contributed by atoms with Gasteiger partial charge in [0.15, 0.2) is 0 Å². The summed E-state index contributed by atoms with van der Waals surface area (Å²) >= 11 is 0. The number of hydrogen-bond acceptors (Lipinski definition) is 4. The zero-order valence-electron chi connectivity index (χ0n) is 13.7. The van der Waals surface area contributed by atoms with Gasteiger partial charge in [0.25, 0.3) is 0 Å². The average molecular weight is 314 g/mol. The van der Waals surface area contributed by atoms with Crippen LogP contribution in [0.15, 0.2) is 36.7 Å². The van der Waals surface area contributed by atoms with E-state index in [1.54, 1.807) is 0 Å². The maximum Gasteiger partial charge on any atom is 0.225 e. The summed E-state index contributed by atoms with van der Waals surface area (Å²) in [5.74, 6) is 0.625. The van der Waals surface area contributed by atoms with E-state index >= 15 is 0 Å². The molecule has 5 heteroatoms. The quantitative estimate of drug-likeness (QED) is 0.868. The van der Waals surface area contributed by atoms with Crippen molar-refractivity contribution >= 4 is 5.95 Å². The second-order valence-electron chi connectivity index (χ2n) is 6.31. The van der Waals surface area contributed by atoms with Crippen LogP contribution in [0.5, 0.6) is 0 Å². The van der Waals surface area contributed by atoms with Crippen molar-refractivity contribution in [2.45, 2.75) is 32.4 Å². The molecule has 0 saturated carbocycles. The van der Waals surface area contributed by atoms with E-state index in [-0.39, 0.29) is 5.82 Å². The van der Waals surface area contributed by atoms with E-state index in [9.17, 15) is 4.39 Å². The van der Waals surface area contributed by atoms with Crippen molar-refractivity contribution in [1.29, 1.82) is 0 Å². The van der Waals surface area contributed by atoms with Crippen LogP contribution in [0.1, 0.15) is 24.0 Å². The summed E-state index contributed by atoms with van der Waals surface area (Å²) in [4.78, 5) is 13.4. The molecule has 23 heavy (non-hydrogen) atoms. The first-order chi connectivity index (χ1) is 11.1. The Balaban J connectivity index is 1.53. The van der Waals surface area contributed by atoms with Crippen molar-refractivity contribution < 1.29 is 4.39 Å². The summed E-state index contributed by atoms with van der Waals surface area (Å²) in [6, 6.07) is 7.28. The Kier molecular flexibility index (Phi) is 4.86. The third-order valence-corrected chi connectivity index (χ3v) is 4.51. The average Bonchev–Trinajstić information content (AvgIpc) is 2.58. The molecule has 1 aromatic heterocycles. The van der Waals surface area contributed by atoms with Crippen LogP contribution in [0.25, 0.3) is 0 Å². The van der Waals surface area contributed by atoms with Crippen LogP contribution in [0.3, 0.4) is 0 Å². The molecule has 2 aromatic rings. The van der Waals surface area contributed by atoms with E-state index in [1.165, 1.54) is 17.7 Å². The predicted molar refractivity (Wildman–Crippen MR) is 89.9 cm³/mol. The summed E-state index contributed by atoms with van der Waals surface area (Å²) in [6.45, 7) is 4.96. The van der Waals surface area contributed by atoms with E-state index in [4.69, 9.17) is 0 Å². The minimum absolute atomic E-state index is 0.174. The molecule has 0 radical (unpaired) electrons. The van der Waals surface area contributed by atoms with Crippen molar-refractivity contribution in [2.75, 3.05) is 25.0 Å². The van der Waals surface area contributed by atoms with Gasteiger partial charge in [-0.15, -0.1) is 0 Å². The van der Waals surface area contributed by atoms with Crippen LogP contribution in [-0.2, 0) is 6.54 Å². The van der Waals surface area contributed by atoms with Crippen molar-refractivity contribution in [3.8, 4) is 0 Å². The van der Waals surface area contributed by atoms with E-state index in [0.29, 0.717) is 6.04 Å². The first-order valence-electron chi connectivity index (χ1n) is 8.10. The van der Waals surface area contributed by atoms with E-state index < -0.39 is 0 Å². The van der Waals surface area contributed by atoms with Crippen molar-refractivity contribution in [2.24, 2.45) is 0 Å². The molecule has 1 fully saturated rings. The number of aryl methyl sites for hydroxylation is 1. The fourth-order valence-electron chi connectivity index (χ4n) is 3.04. The Morgan fingerprint density at radius 3 is 2.35 bits per heavy atom. The van der Waals surface area contributed by atoms with Gasteiger partial charge in [0, 0.05) is 45.1 Å². The molecule has 1 aromatic carbocycles. The largest absolute Gasteiger partial charge is 0.341 e. The van der Waals surface area contributed by atoms with Gasteiger partial charge < -0.3 is 4.90 Å². The number of rotatable bonds is 4. The topological polar surface area (TPSA) is 32.3 Å². The van der Waals surface area contributed by atoms with Crippen LogP contribution in [0.4, 0.5) is 10.3 Å². The summed E-state index contributed by atoms with van der Waals surface area (Å²) < 4.78 is 13.0. The number of aromatic nitrogens is 2. The molecule has 0 bridgehead atoms. The molecular formula is C18H23FN4. The monoisotopic (exact) mass is 314 g/mol. The van der Waals surface area contributed by atoms with E-state index in [2.05, 4.69) is 26.8 Å². The molecule has 1 saturated heterocycles. The molecule has 0 atom stereocenters. The normalized spacial score (nSPS) is 16.5. The maximum absolute atomic E-state index is 13.0. The van der Waals surface area contributed by atoms with Gasteiger partial charge in [0.1, 0.15) is 5.82 Å². The third kappa shape index (κ3) is 4.05. The predicted octanol–water partition coefficient (Wildman–Crippen LogP) is 3.02. The van der Waals surface area contributed by atoms with Gasteiger partial charge in [-0.1, -0.05) is 12.1 Å². The number of hydrogen-bond donors (Lipinski definition) is 0. The van der Waals surface area contributed by atoms with Crippen LogP contribution < -0.4 is 4.90 Å². The minimum Gasteiger partial charge on any atom is -0.341 e. The SMILES string of the molecule is Cc1cnc(N(C)C2CCN(Cc3ccc(F)cc3)CC2)nc1. The Bertz CT molecular complexity index is 618. The summed E-state index contributed by atoms with van der Waals surface area (Å²) in [5, 5.41) is 0. The van der Waals surface area contributed by atoms with Gasteiger partial charge in [-0.3, -0.25) is 4.90 Å². The highest BCUT2D eigenvalue weighted by molar-refractivity contribution is 5.30. The lowest BCUT2D eigenvalue weighted by atomic mass is 10.0. The van der Waals surface area contributed by atoms with Crippen LogP contribution >= 0.6 is 0 Å². The molecule has 0 aliphatic carbocycles. The Morgan fingerprint density at radius 2 is 1.74 bits per heavy atom. The number of piperidine rings is 1. The first-order valence-corrected chi connectivity index (χ1v) is 8.10. The van der Waals surface area contributed by atoms with E-state index in [0.717, 1.165) is 44.0 Å². The zero-order chi connectivity index (χ0) is 16.2. The van der Waals surface area contributed by atoms with Crippen LogP contribution in [-0.4, -0.2) is 41.0 Å².